The second kappa shape index (κ2) is 7.34. The lowest BCUT2D eigenvalue weighted by molar-refractivity contribution is -0.115. The monoisotopic (exact) mass is 349 g/mol. The Morgan fingerprint density at radius 2 is 2.04 bits per heavy atom. The van der Waals surface area contributed by atoms with Crippen LogP contribution in [0.5, 0.6) is 0 Å². The summed E-state index contributed by atoms with van der Waals surface area (Å²) in [7, 11) is 0. The first-order chi connectivity index (χ1) is 11.2. The summed E-state index contributed by atoms with van der Waals surface area (Å²) in [5.41, 5.74) is 0. The Morgan fingerprint density at radius 1 is 1.22 bits per heavy atom. The number of rotatable bonds is 6. The van der Waals surface area contributed by atoms with Crippen LogP contribution in [0.15, 0.2) is 56.4 Å². The van der Waals surface area contributed by atoms with E-state index in [1.807, 2.05) is 24.3 Å². The molecule has 0 saturated heterocycles. The summed E-state index contributed by atoms with van der Waals surface area (Å²) in [4.78, 5) is 12.9. The highest BCUT2D eigenvalue weighted by atomic mass is 35.5. The highest BCUT2D eigenvalue weighted by Crippen LogP contribution is 2.22. The van der Waals surface area contributed by atoms with Crippen LogP contribution in [-0.2, 0) is 4.79 Å². The van der Waals surface area contributed by atoms with E-state index >= 15 is 0 Å². The number of benzene rings is 1. The van der Waals surface area contributed by atoms with Gasteiger partial charge < -0.3 is 8.83 Å². The van der Waals surface area contributed by atoms with Gasteiger partial charge >= 0.3 is 6.01 Å². The SMILES string of the molecule is O=C(CCSc1ccc(Cl)cc1)Nc1nnc(-c2ccco2)o1. The third-order valence-corrected chi connectivity index (χ3v) is 4.08. The molecule has 23 heavy (non-hydrogen) atoms. The lowest BCUT2D eigenvalue weighted by atomic mass is 10.4. The third kappa shape index (κ3) is 4.37. The second-order valence-corrected chi connectivity index (χ2v) is 6.09. The minimum atomic E-state index is -0.193. The van der Waals surface area contributed by atoms with Crippen molar-refractivity contribution < 1.29 is 13.6 Å². The van der Waals surface area contributed by atoms with Crippen LogP contribution in [0.2, 0.25) is 5.02 Å². The molecule has 0 bridgehead atoms. The van der Waals surface area contributed by atoms with E-state index in [9.17, 15) is 4.79 Å². The Kier molecular flexibility index (Phi) is 4.99. The molecule has 0 spiro atoms. The Labute approximate surface area is 141 Å². The number of nitrogens with one attached hydrogen (secondary N) is 1. The van der Waals surface area contributed by atoms with Gasteiger partial charge in [0.1, 0.15) is 0 Å². The molecular formula is C15H12ClN3O3S. The van der Waals surface area contributed by atoms with E-state index in [0.29, 0.717) is 23.0 Å². The van der Waals surface area contributed by atoms with Gasteiger partial charge in [-0.2, -0.15) is 0 Å². The van der Waals surface area contributed by atoms with Gasteiger partial charge in [-0.05, 0) is 36.4 Å². The highest BCUT2D eigenvalue weighted by Gasteiger charge is 2.12. The van der Waals surface area contributed by atoms with Crippen molar-refractivity contribution in [2.24, 2.45) is 0 Å². The molecule has 8 heteroatoms. The molecule has 3 aromatic rings. The average molecular weight is 350 g/mol. The lowest BCUT2D eigenvalue weighted by Gasteiger charge is -2.02. The molecule has 0 radical (unpaired) electrons. The predicted octanol–water partition coefficient (Wildman–Crippen LogP) is 4.10. The normalized spacial score (nSPS) is 10.7. The van der Waals surface area contributed by atoms with Crippen LogP contribution in [0.1, 0.15) is 6.42 Å². The van der Waals surface area contributed by atoms with Crippen LogP contribution in [0.3, 0.4) is 0 Å². The Bertz CT molecular complexity index is 772. The second-order valence-electron chi connectivity index (χ2n) is 4.49. The molecule has 2 heterocycles. The summed E-state index contributed by atoms with van der Waals surface area (Å²) in [6, 6.07) is 10.9. The first kappa shape index (κ1) is 15.6. The molecule has 0 unspecified atom stereocenters. The van der Waals surface area contributed by atoms with Crippen LogP contribution in [0.4, 0.5) is 6.01 Å². The van der Waals surface area contributed by atoms with Gasteiger partial charge in [-0.1, -0.05) is 16.7 Å². The minimum Gasteiger partial charge on any atom is -0.459 e. The third-order valence-electron chi connectivity index (χ3n) is 2.81. The van der Waals surface area contributed by atoms with Gasteiger partial charge in [-0.25, -0.2) is 0 Å². The fourth-order valence-electron chi connectivity index (χ4n) is 1.75. The minimum absolute atomic E-state index is 0.0536. The topological polar surface area (TPSA) is 81.2 Å². The average Bonchev–Trinajstić information content (AvgIpc) is 3.20. The van der Waals surface area contributed by atoms with Crippen LogP contribution >= 0.6 is 23.4 Å². The molecule has 2 aromatic heterocycles. The number of amides is 1. The molecule has 0 fully saturated rings. The van der Waals surface area contributed by atoms with Gasteiger partial charge in [0.15, 0.2) is 5.76 Å². The number of carbonyl (C=O) groups excluding carboxylic acids is 1. The van der Waals surface area contributed by atoms with E-state index in [-0.39, 0.29) is 17.8 Å². The summed E-state index contributed by atoms with van der Waals surface area (Å²) in [6.45, 7) is 0. The summed E-state index contributed by atoms with van der Waals surface area (Å²) in [5, 5.41) is 10.8. The van der Waals surface area contributed by atoms with Crippen molar-refractivity contribution in [3.63, 3.8) is 0 Å². The van der Waals surface area contributed by atoms with Crippen LogP contribution in [-0.4, -0.2) is 21.9 Å². The quantitative estimate of drug-likeness (QED) is 0.674. The number of thioether (sulfide) groups is 1. The van der Waals surface area contributed by atoms with E-state index in [1.165, 1.54) is 6.26 Å². The van der Waals surface area contributed by atoms with Crippen molar-refractivity contribution in [3.05, 3.63) is 47.7 Å². The van der Waals surface area contributed by atoms with E-state index in [4.69, 9.17) is 20.4 Å². The van der Waals surface area contributed by atoms with E-state index in [2.05, 4.69) is 15.5 Å². The molecule has 0 aliphatic carbocycles. The summed E-state index contributed by atoms with van der Waals surface area (Å²) in [5.74, 6) is 1.12. The summed E-state index contributed by atoms with van der Waals surface area (Å²) in [6.07, 6.45) is 1.83. The molecule has 118 valence electrons. The van der Waals surface area contributed by atoms with Gasteiger partial charge in [0.2, 0.25) is 5.91 Å². The van der Waals surface area contributed by atoms with Crippen LogP contribution < -0.4 is 5.32 Å². The van der Waals surface area contributed by atoms with E-state index in [1.54, 1.807) is 23.9 Å². The summed E-state index contributed by atoms with van der Waals surface area (Å²) < 4.78 is 10.4. The maximum absolute atomic E-state index is 11.9. The fraction of sp³-hybridized carbons (Fsp3) is 0.133. The molecule has 1 N–H and O–H groups in total. The number of furan rings is 1. The Hall–Kier alpha value is -2.25. The number of nitrogens with zero attached hydrogens (tertiary/aromatic N) is 2. The van der Waals surface area contributed by atoms with Crippen molar-refractivity contribution in [1.29, 1.82) is 0 Å². The van der Waals surface area contributed by atoms with E-state index in [0.717, 1.165) is 4.90 Å². The number of carbonyl (C=O) groups is 1. The highest BCUT2D eigenvalue weighted by molar-refractivity contribution is 7.99. The molecular weight excluding hydrogens is 338 g/mol. The zero-order chi connectivity index (χ0) is 16.1. The Balaban J connectivity index is 1.47. The van der Waals surface area contributed by atoms with Crippen molar-refractivity contribution >= 4 is 35.3 Å². The predicted molar refractivity (Wildman–Crippen MR) is 87.4 cm³/mol. The number of aromatic nitrogens is 2. The molecule has 6 nitrogen and oxygen atoms in total. The maximum atomic E-state index is 11.9. The van der Waals surface area contributed by atoms with Crippen molar-refractivity contribution in [3.8, 4) is 11.7 Å². The van der Waals surface area contributed by atoms with Crippen LogP contribution in [0.25, 0.3) is 11.7 Å². The van der Waals surface area contributed by atoms with E-state index < -0.39 is 0 Å². The maximum Gasteiger partial charge on any atom is 0.322 e. The van der Waals surface area contributed by atoms with Crippen molar-refractivity contribution in [1.82, 2.24) is 10.2 Å². The van der Waals surface area contributed by atoms with Gasteiger partial charge in [-0.15, -0.1) is 16.9 Å². The molecule has 0 atom stereocenters. The van der Waals surface area contributed by atoms with Gasteiger partial charge in [0, 0.05) is 22.1 Å². The van der Waals surface area contributed by atoms with Gasteiger partial charge in [0.05, 0.1) is 6.26 Å². The smallest absolute Gasteiger partial charge is 0.322 e. The van der Waals surface area contributed by atoms with Crippen molar-refractivity contribution in [2.75, 3.05) is 11.1 Å². The van der Waals surface area contributed by atoms with Crippen LogP contribution in [0, 0.1) is 0 Å². The zero-order valence-electron chi connectivity index (χ0n) is 11.9. The van der Waals surface area contributed by atoms with Gasteiger partial charge in [0.25, 0.3) is 5.89 Å². The molecule has 3 rings (SSSR count). The van der Waals surface area contributed by atoms with Gasteiger partial charge in [-0.3, -0.25) is 10.1 Å². The lowest BCUT2D eigenvalue weighted by Crippen LogP contribution is -2.12. The molecule has 0 saturated carbocycles. The number of anilines is 1. The molecule has 1 aromatic carbocycles. The first-order valence-corrected chi connectivity index (χ1v) is 8.13. The standard InChI is InChI=1S/C15H12ClN3O3S/c16-10-3-5-11(6-4-10)23-9-7-13(20)17-15-19-18-14(22-15)12-2-1-8-21-12/h1-6,8H,7,9H2,(H,17,19,20). The zero-order valence-corrected chi connectivity index (χ0v) is 13.4. The number of halogens is 1. The fourth-order valence-corrected chi connectivity index (χ4v) is 2.73. The Morgan fingerprint density at radius 3 is 2.78 bits per heavy atom. The number of hydrogen-bond acceptors (Lipinski definition) is 6. The largest absolute Gasteiger partial charge is 0.459 e. The number of hydrogen-bond donors (Lipinski definition) is 1. The van der Waals surface area contributed by atoms with Crippen molar-refractivity contribution in [2.45, 2.75) is 11.3 Å². The first-order valence-electron chi connectivity index (χ1n) is 6.76. The summed E-state index contributed by atoms with van der Waals surface area (Å²) >= 11 is 7.39. The molecule has 1 amide bonds. The molecule has 0 aliphatic rings. The molecule has 0 aliphatic heterocycles.